The zero-order valence-electron chi connectivity index (χ0n) is 20.4. The summed E-state index contributed by atoms with van der Waals surface area (Å²) in [5.41, 5.74) is 3.35. The van der Waals surface area contributed by atoms with Gasteiger partial charge >= 0.3 is 0 Å². The van der Waals surface area contributed by atoms with E-state index in [-0.39, 0.29) is 5.91 Å². The third-order valence-corrected chi connectivity index (χ3v) is 5.38. The Kier molecular flexibility index (Phi) is 13.3. The average molecular weight is 516 g/mol. The number of aromatic nitrogens is 2. The van der Waals surface area contributed by atoms with E-state index in [1.54, 1.807) is 23.4 Å². The Hall–Kier alpha value is -3.91. The van der Waals surface area contributed by atoms with Gasteiger partial charge in [0, 0.05) is 34.3 Å². The molecule has 1 N–H and O–H groups in total. The summed E-state index contributed by atoms with van der Waals surface area (Å²) < 4.78 is 22.6. The highest BCUT2D eigenvalue weighted by atomic mass is 35.5. The first-order valence-corrected chi connectivity index (χ1v) is 11.3. The number of hydrogen-bond acceptors (Lipinski definition) is 5. The number of rotatable bonds is 9. The summed E-state index contributed by atoms with van der Waals surface area (Å²) in [5.74, 6) is 0.747. The van der Waals surface area contributed by atoms with Crippen LogP contribution >= 0.6 is 11.6 Å². The van der Waals surface area contributed by atoms with Gasteiger partial charge in [0.2, 0.25) is 5.91 Å². The Morgan fingerprint density at radius 3 is 2.58 bits per heavy atom. The second kappa shape index (κ2) is 15.9. The number of para-hydroxylation sites is 1. The second-order valence-electron chi connectivity index (χ2n) is 7.24. The summed E-state index contributed by atoms with van der Waals surface area (Å²) in [5, 5.41) is 7.31. The number of H-pyrrole nitrogens is 1. The number of carbonyl (C=O) groups excluding carboxylic acids is 2. The number of benzene rings is 1. The summed E-state index contributed by atoms with van der Waals surface area (Å²) in [6, 6.07) is 5.78. The third-order valence-electron chi connectivity index (χ3n) is 4.95. The van der Waals surface area contributed by atoms with Crippen molar-refractivity contribution in [1.82, 2.24) is 10.2 Å². The van der Waals surface area contributed by atoms with Gasteiger partial charge in [0.25, 0.3) is 0 Å². The van der Waals surface area contributed by atoms with Crippen molar-refractivity contribution in [3.8, 4) is 16.9 Å². The number of nitrogens with one attached hydrogen (secondary N) is 1. The first kappa shape index (κ1) is 30.1. The van der Waals surface area contributed by atoms with E-state index in [1.165, 1.54) is 0 Å². The topological polar surface area (TPSA) is 84.5 Å². The SMILES string of the molecule is C=C/C(Cl)=C(/C)C(=C)OCCCC(=O)N1CCOc2c(-c3cn[nH]c3)cccc21.C=CC(=C)F.C=O. The summed E-state index contributed by atoms with van der Waals surface area (Å²) >= 11 is 6.02. The molecular weight excluding hydrogens is 485 g/mol. The van der Waals surface area contributed by atoms with Gasteiger partial charge < -0.3 is 19.2 Å². The van der Waals surface area contributed by atoms with Crippen LogP contribution in [0.15, 0.2) is 91.3 Å². The van der Waals surface area contributed by atoms with Crippen LogP contribution in [0, 0.1) is 0 Å². The summed E-state index contributed by atoms with van der Waals surface area (Å²) in [4.78, 5) is 22.6. The maximum atomic E-state index is 12.8. The molecule has 7 nitrogen and oxygen atoms in total. The molecule has 0 aliphatic carbocycles. The molecule has 0 radical (unpaired) electrons. The standard InChI is InChI=1S/C22H24ClN3O3.C4H5F.CH2O/c1-4-19(23)15(2)16(3)28-11-6-9-21(27)26-10-12-29-22-18(7-5-8-20(22)26)17-13-24-25-14-17;1-3-4(2)5;1-2/h4-5,7-8,13-14H,1,3,6,9-12H2,2H3,(H,24,25);3H,1-2H2;1H2/b19-15+;;. The van der Waals surface area contributed by atoms with E-state index in [4.69, 9.17) is 25.9 Å². The summed E-state index contributed by atoms with van der Waals surface area (Å²) in [6.07, 6.45) is 7.08. The smallest absolute Gasteiger partial charge is 0.227 e. The van der Waals surface area contributed by atoms with Gasteiger partial charge in [0.15, 0.2) is 5.75 Å². The maximum Gasteiger partial charge on any atom is 0.227 e. The number of fused-ring (bicyclic) bond motifs is 1. The minimum atomic E-state index is -0.481. The van der Waals surface area contributed by atoms with Gasteiger partial charge in [-0.3, -0.25) is 9.89 Å². The average Bonchev–Trinajstić information content (AvgIpc) is 3.45. The van der Waals surface area contributed by atoms with Gasteiger partial charge in [-0.05, 0) is 25.5 Å². The van der Waals surface area contributed by atoms with E-state index in [0.717, 1.165) is 28.5 Å². The quantitative estimate of drug-likeness (QED) is 0.241. The molecule has 1 aliphatic heterocycles. The molecule has 36 heavy (non-hydrogen) atoms. The van der Waals surface area contributed by atoms with E-state index in [9.17, 15) is 9.18 Å². The number of hydrogen-bond donors (Lipinski definition) is 1. The number of amides is 1. The van der Waals surface area contributed by atoms with Crippen LogP contribution in [0.5, 0.6) is 5.75 Å². The Morgan fingerprint density at radius 1 is 1.31 bits per heavy atom. The van der Waals surface area contributed by atoms with Crippen molar-refractivity contribution in [1.29, 1.82) is 0 Å². The molecule has 0 bridgehead atoms. The van der Waals surface area contributed by atoms with Crippen molar-refractivity contribution in [2.24, 2.45) is 0 Å². The molecule has 9 heteroatoms. The van der Waals surface area contributed by atoms with Crippen molar-refractivity contribution < 1.29 is 23.5 Å². The Morgan fingerprint density at radius 2 is 2.00 bits per heavy atom. The van der Waals surface area contributed by atoms with Gasteiger partial charge in [-0.25, -0.2) is 4.39 Å². The number of allylic oxidation sites excluding steroid dienone is 5. The summed E-state index contributed by atoms with van der Waals surface area (Å²) in [7, 11) is 0. The first-order valence-electron chi connectivity index (χ1n) is 10.9. The van der Waals surface area contributed by atoms with Crippen LogP contribution in [0.3, 0.4) is 0 Å². The van der Waals surface area contributed by atoms with Gasteiger partial charge in [-0.1, -0.05) is 56.1 Å². The molecule has 0 atom stereocenters. The largest absolute Gasteiger partial charge is 0.494 e. The van der Waals surface area contributed by atoms with E-state index >= 15 is 0 Å². The lowest BCUT2D eigenvalue weighted by Crippen LogP contribution is -2.38. The summed E-state index contributed by atoms with van der Waals surface area (Å²) in [6.45, 7) is 18.6. The fourth-order valence-corrected chi connectivity index (χ4v) is 3.19. The molecule has 3 rings (SSSR count). The Labute approximate surface area is 216 Å². The van der Waals surface area contributed by atoms with Crippen molar-refractivity contribution in [3.63, 3.8) is 0 Å². The molecule has 0 spiro atoms. The number of aromatic amines is 1. The highest BCUT2D eigenvalue weighted by Gasteiger charge is 2.26. The normalized spacial score (nSPS) is 12.1. The van der Waals surface area contributed by atoms with Crippen molar-refractivity contribution in [2.45, 2.75) is 19.8 Å². The van der Waals surface area contributed by atoms with Gasteiger partial charge in [-0.2, -0.15) is 5.10 Å². The zero-order chi connectivity index (χ0) is 27.1. The molecule has 0 saturated heterocycles. The predicted molar refractivity (Wildman–Crippen MR) is 143 cm³/mol. The molecular formula is C27H31ClFN3O4. The van der Waals surface area contributed by atoms with E-state index in [1.807, 2.05) is 31.9 Å². The van der Waals surface area contributed by atoms with Crippen LogP contribution in [0.25, 0.3) is 11.1 Å². The Bertz CT molecular complexity index is 1100. The molecule has 1 amide bonds. The Balaban J connectivity index is 0.000000826. The van der Waals surface area contributed by atoms with Crippen LogP contribution in [0.2, 0.25) is 0 Å². The molecule has 2 aromatic rings. The number of carbonyl (C=O) groups is 2. The molecule has 1 aromatic carbocycles. The van der Waals surface area contributed by atoms with Crippen LogP contribution in [-0.4, -0.2) is 42.7 Å². The van der Waals surface area contributed by atoms with Crippen LogP contribution in [0.4, 0.5) is 10.1 Å². The maximum absolute atomic E-state index is 12.8. The number of ether oxygens (including phenoxy) is 2. The minimum absolute atomic E-state index is 0.0319. The molecule has 2 heterocycles. The monoisotopic (exact) mass is 515 g/mol. The lowest BCUT2D eigenvalue weighted by atomic mass is 10.1. The van der Waals surface area contributed by atoms with E-state index < -0.39 is 5.83 Å². The predicted octanol–water partition coefficient (Wildman–Crippen LogP) is 6.28. The van der Waals surface area contributed by atoms with Crippen LogP contribution in [-0.2, 0) is 14.3 Å². The highest BCUT2D eigenvalue weighted by molar-refractivity contribution is 6.31. The van der Waals surface area contributed by atoms with Crippen LogP contribution < -0.4 is 9.64 Å². The first-order chi connectivity index (χ1) is 17.3. The zero-order valence-corrected chi connectivity index (χ0v) is 21.2. The third kappa shape index (κ3) is 8.70. The fourth-order valence-electron chi connectivity index (χ4n) is 3.08. The fraction of sp³-hybridized carbons (Fsp3) is 0.222. The lowest BCUT2D eigenvalue weighted by molar-refractivity contribution is -0.119. The number of anilines is 1. The van der Waals surface area contributed by atoms with E-state index in [0.29, 0.717) is 49.1 Å². The highest BCUT2D eigenvalue weighted by Crippen LogP contribution is 2.40. The van der Waals surface area contributed by atoms with Gasteiger partial charge in [0.05, 0.1) is 25.0 Å². The number of nitrogens with zero attached hydrogens (tertiary/aromatic N) is 2. The van der Waals surface area contributed by atoms with Crippen LogP contribution in [0.1, 0.15) is 19.8 Å². The van der Waals surface area contributed by atoms with Crippen molar-refractivity contribution in [3.05, 3.63) is 91.3 Å². The molecule has 0 fully saturated rings. The second-order valence-corrected chi connectivity index (χ2v) is 7.65. The lowest BCUT2D eigenvalue weighted by Gasteiger charge is -2.31. The van der Waals surface area contributed by atoms with Crippen molar-refractivity contribution >= 4 is 30.0 Å². The van der Waals surface area contributed by atoms with Gasteiger partial charge in [-0.15, -0.1) is 0 Å². The minimum Gasteiger partial charge on any atom is -0.494 e. The molecule has 0 saturated carbocycles. The molecule has 0 unspecified atom stereocenters. The molecule has 192 valence electrons. The van der Waals surface area contributed by atoms with E-state index in [2.05, 4.69) is 36.5 Å². The molecule has 1 aromatic heterocycles. The molecule has 1 aliphatic rings. The van der Waals surface area contributed by atoms with Crippen molar-refractivity contribution in [2.75, 3.05) is 24.7 Å². The number of halogens is 2. The van der Waals surface area contributed by atoms with Gasteiger partial charge in [0.1, 0.15) is 25.0 Å².